The molecule has 0 aromatic carbocycles. The number of nitrogens with one attached hydrogen (secondary N) is 1. The molecule has 4 nitrogen and oxygen atoms in total. The van der Waals surface area contributed by atoms with Gasteiger partial charge in [0.05, 0.1) is 0 Å². The number of likely N-dealkylation sites (tertiary alicyclic amines) is 1. The molecule has 0 aliphatic carbocycles. The van der Waals surface area contributed by atoms with E-state index in [2.05, 4.69) is 20.2 Å². The van der Waals surface area contributed by atoms with E-state index in [1.807, 2.05) is 19.3 Å². The SMILES string of the molecule is Cc1ncc(CN2CC3(CCNCC3)C2)cn1. The van der Waals surface area contributed by atoms with Gasteiger partial charge >= 0.3 is 0 Å². The lowest BCUT2D eigenvalue weighted by Crippen LogP contribution is -2.59. The lowest BCUT2D eigenvalue weighted by atomic mass is 9.72. The third-order valence-electron chi connectivity index (χ3n) is 4.02. The van der Waals surface area contributed by atoms with E-state index in [4.69, 9.17) is 0 Å². The summed E-state index contributed by atoms with van der Waals surface area (Å²) < 4.78 is 0. The normalized spacial score (nSPS) is 23.6. The van der Waals surface area contributed by atoms with Crippen molar-refractivity contribution in [1.82, 2.24) is 20.2 Å². The molecule has 0 atom stereocenters. The molecule has 17 heavy (non-hydrogen) atoms. The van der Waals surface area contributed by atoms with Crippen LogP contribution in [0.15, 0.2) is 12.4 Å². The maximum absolute atomic E-state index is 4.25. The van der Waals surface area contributed by atoms with Crippen LogP contribution in [0.2, 0.25) is 0 Å². The Kier molecular flexibility index (Phi) is 2.84. The van der Waals surface area contributed by atoms with E-state index in [-0.39, 0.29) is 0 Å². The highest BCUT2D eigenvalue weighted by Gasteiger charge is 2.42. The van der Waals surface area contributed by atoms with Crippen molar-refractivity contribution in [2.75, 3.05) is 26.2 Å². The number of hydrogen-bond acceptors (Lipinski definition) is 4. The minimum Gasteiger partial charge on any atom is -0.317 e. The van der Waals surface area contributed by atoms with Gasteiger partial charge in [-0.2, -0.15) is 0 Å². The summed E-state index contributed by atoms with van der Waals surface area (Å²) >= 11 is 0. The number of rotatable bonds is 2. The maximum atomic E-state index is 4.25. The van der Waals surface area contributed by atoms with Crippen molar-refractivity contribution in [2.24, 2.45) is 5.41 Å². The fourth-order valence-corrected chi connectivity index (χ4v) is 3.05. The molecule has 0 saturated carbocycles. The zero-order valence-electron chi connectivity index (χ0n) is 10.4. The molecule has 3 heterocycles. The van der Waals surface area contributed by atoms with Crippen molar-refractivity contribution in [3.8, 4) is 0 Å². The van der Waals surface area contributed by atoms with Crippen molar-refractivity contribution in [3.05, 3.63) is 23.8 Å². The molecule has 2 saturated heterocycles. The van der Waals surface area contributed by atoms with Crippen LogP contribution in [0.1, 0.15) is 24.2 Å². The van der Waals surface area contributed by atoms with Gasteiger partial charge in [-0.05, 0) is 38.3 Å². The van der Waals surface area contributed by atoms with Crippen LogP contribution in [0.4, 0.5) is 0 Å². The van der Waals surface area contributed by atoms with Gasteiger partial charge in [0.1, 0.15) is 5.82 Å². The van der Waals surface area contributed by atoms with E-state index < -0.39 is 0 Å². The first-order valence-corrected chi connectivity index (χ1v) is 6.46. The van der Waals surface area contributed by atoms with Crippen molar-refractivity contribution in [3.63, 3.8) is 0 Å². The van der Waals surface area contributed by atoms with Gasteiger partial charge in [-0.15, -0.1) is 0 Å². The first-order valence-electron chi connectivity index (χ1n) is 6.46. The molecule has 0 bridgehead atoms. The number of piperidine rings is 1. The zero-order chi connectivity index (χ0) is 11.7. The number of hydrogen-bond donors (Lipinski definition) is 1. The Morgan fingerprint density at radius 1 is 1.24 bits per heavy atom. The van der Waals surface area contributed by atoms with Crippen LogP contribution in [-0.4, -0.2) is 41.0 Å². The summed E-state index contributed by atoms with van der Waals surface area (Å²) in [6.45, 7) is 7.83. The van der Waals surface area contributed by atoms with Gasteiger partial charge in [-0.3, -0.25) is 4.90 Å². The molecular formula is C13H20N4. The predicted octanol–water partition coefficient (Wildman–Crippen LogP) is 0.970. The Balaban J connectivity index is 1.54. The minimum atomic E-state index is 0.622. The third kappa shape index (κ3) is 2.33. The summed E-state index contributed by atoms with van der Waals surface area (Å²) in [6.07, 6.45) is 6.59. The monoisotopic (exact) mass is 232 g/mol. The van der Waals surface area contributed by atoms with Gasteiger partial charge in [0.15, 0.2) is 0 Å². The summed E-state index contributed by atoms with van der Waals surface area (Å²) in [5.74, 6) is 0.854. The van der Waals surface area contributed by atoms with E-state index >= 15 is 0 Å². The molecule has 1 spiro atoms. The second kappa shape index (κ2) is 4.35. The molecule has 1 aromatic heterocycles. The highest BCUT2D eigenvalue weighted by atomic mass is 15.2. The molecule has 0 amide bonds. The molecule has 0 radical (unpaired) electrons. The fraction of sp³-hybridized carbons (Fsp3) is 0.692. The summed E-state index contributed by atoms with van der Waals surface area (Å²) in [5.41, 5.74) is 1.86. The summed E-state index contributed by atoms with van der Waals surface area (Å²) in [5, 5.41) is 3.44. The standard InChI is InChI=1S/C13H20N4/c1-11-15-6-12(7-16-11)8-17-9-13(10-17)2-4-14-5-3-13/h6-7,14H,2-5,8-10H2,1H3. The van der Waals surface area contributed by atoms with E-state index in [0.29, 0.717) is 5.41 Å². The van der Waals surface area contributed by atoms with Crippen LogP contribution in [-0.2, 0) is 6.54 Å². The number of nitrogens with zero attached hydrogens (tertiary/aromatic N) is 3. The van der Waals surface area contributed by atoms with Gasteiger partial charge in [-0.25, -0.2) is 9.97 Å². The highest BCUT2D eigenvalue weighted by molar-refractivity contribution is 5.07. The first-order chi connectivity index (χ1) is 8.26. The number of aromatic nitrogens is 2. The Morgan fingerprint density at radius 3 is 2.53 bits per heavy atom. The van der Waals surface area contributed by atoms with Crippen molar-refractivity contribution in [1.29, 1.82) is 0 Å². The van der Waals surface area contributed by atoms with Crippen LogP contribution >= 0.6 is 0 Å². The fourth-order valence-electron chi connectivity index (χ4n) is 3.05. The van der Waals surface area contributed by atoms with Crippen LogP contribution in [0.25, 0.3) is 0 Å². The molecule has 2 fully saturated rings. The highest BCUT2D eigenvalue weighted by Crippen LogP contribution is 2.39. The van der Waals surface area contributed by atoms with Crippen LogP contribution in [0, 0.1) is 12.3 Å². The Morgan fingerprint density at radius 2 is 1.88 bits per heavy atom. The molecule has 0 unspecified atom stereocenters. The van der Waals surface area contributed by atoms with Crippen LogP contribution in [0.5, 0.6) is 0 Å². The molecule has 4 heteroatoms. The third-order valence-corrected chi connectivity index (χ3v) is 4.02. The molecule has 1 aromatic rings. The molecule has 1 N–H and O–H groups in total. The Bertz CT molecular complexity index is 373. The second-order valence-electron chi connectivity index (χ2n) is 5.53. The Labute approximate surface area is 102 Å². The quantitative estimate of drug-likeness (QED) is 0.825. The molecule has 92 valence electrons. The van der Waals surface area contributed by atoms with E-state index in [9.17, 15) is 0 Å². The lowest BCUT2D eigenvalue weighted by molar-refractivity contribution is -0.0283. The van der Waals surface area contributed by atoms with Gasteiger partial charge < -0.3 is 5.32 Å². The van der Waals surface area contributed by atoms with Crippen molar-refractivity contribution >= 4 is 0 Å². The summed E-state index contributed by atoms with van der Waals surface area (Å²) in [6, 6.07) is 0. The van der Waals surface area contributed by atoms with Gasteiger partial charge in [-0.1, -0.05) is 0 Å². The molecule has 2 aliphatic rings. The zero-order valence-corrected chi connectivity index (χ0v) is 10.4. The van der Waals surface area contributed by atoms with Gasteiger partial charge in [0.2, 0.25) is 0 Å². The van der Waals surface area contributed by atoms with Crippen LogP contribution < -0.4 is 5.32 Å². The van der Waals surface area contributed by atoms with Gasteiger partial charge in [0, 0.05) is 37.6 Å². The average Bonchev–Trinajstić information content (AvgIpc) is 2.31. The van der Waals surface area contributed by atoms with Crippen LogP contribution in [0.3, 0.4) is 0 Å². The predicted molar refractivity (Wildman–Crippen MR) is 66.6 cm³/mol. The largest absolute Gasteiger partial charge is 0.317 e. The van der Waals surface area contributed by atoms with E-state index in [1.54, 1.807) is 0 Å². The second-order valence-corrected chi connectivity index (χ2v) is 5.53. The molecular weight excluding hydrogens is 212 g/mol. The molecule has 2 aliphatic heterocycles. The number of aryl methyl sites for hydroxylation is 1. The summed E-state index contributed by atoms with van der Waals surface area (Å²) in [7, 11) is 0. The molecule has 3 rings (SSSR count). The smallest absolute Gasteiger partial charge is 0.125 e. The summed E-state index contributed by atoms with van der Waals surface area (Å²) in [4.78, 5) is 11.0. The van der Waals surface area contributed by atoms with E-state index in [1.165, 1.54) is 44.6 Å². The minimum absolute atomic E-state index is 0.622. The van der Waals surface area contributed by atoms with Crippen molar-refractivity contribution < 1.29 is 0 Å². The topological polar surface area (TPSA) is 41.1 Å². The Hall–Kier alpha value is -1.00. The average molecular weight is 232 g/mol. The van der Waals surface area contributed by atoms with E-state index in [0.717, 1.165) is 12.4 Å². The maximum Gasteiger partial charge on any atom is 0.125 e. The lowest BCUT2D eigenvalue weighted by Gasteiger charge is -2.52. The first kappa shape index (κ1) is 11.1. The van der Waals surface area contributed by atoms with Gasteiger partial charge in [0.25, 0.3) is 0 Å². The van der Waals surface area contributed by atoms with Crippen molar-refractivity contribution in [2.45, 2.75) is 26.3 Å².